The van der Waals surface area contributed by atoms with Gasteiger partial charge in [-0.15, -0.1) is 22.9 Å². The Morgan fingerprint density at radius 2 is 1.62 bits per heavy atom. The van der Waals surface area contributed by atoms with Crippen molar-refractivity contribution < 1.29 is 13.2 Å². The topological polar surface area (TPSA) is 0 Å². The number of alkyl halides is 4. The van der Waals surface area contributed by atoms with Crippen molar-refractivity contribution in [3.05, 3.63) is 70.6 Å². The lowest BCUT2D eigenvalue weighted by molar-refractivity contribution is -0.137. The molecule has 0 fully saturated rings. The van der Waals surface area contributed by atoms with Gasteiger partial charge in [0.05, 0.1) is 10.9 Å². The van der Waals surface area contributed by atoms with Crippen molar-refractivity contribution in [2.75, 3.05) is 0 Å². The molecule has 2 aromatic carbocycles. The zero-order valence-corrected chi connectivity index (χ0v) is 12.3. The summed E-state index contributed by atoms with van der Waals surface area (Å²) in [5.74, 6) is 0. The van der Waals surface area contributed by atoms with Crippen molar-refractivity contribution in [2.45, 2.75) is 11.6 Å². The summed E-state index contributed by atoms with van der Waals surface area (Å²) in [5.41, 5.74) is 0.926. The van der Waals surface area contributed by atoms with Crippen molar-refractivity contribution in [2.24, 2.45) is 0 Å². The molecule has 1 atom stereocenters. The first-order valence-corrected chi connectivity index (χ1v) is 7.56. The minimum absolute atomic E-state index is 0.455. The van der Waals surface area contributed by atoms with Gasteiger partial charge in [0.15, 0.2) is 0 Å². The van der Waals surface area contributed by atoms with E-state index in [1.165, 1.54) is 12.1 Å². The summed E-state index contributed by atoms with van der Waals surface area (Å²) < 4.78 is 38.8. The summed E-state index contributed by atoms with van der Waals surface area (Å²) in [4.78, 5) is 0. The molecule has 1 aromatic heterocycles. The highest BCUT2D eigenvalue weighted by Crippen LogP contribution is 2.38. The van der Waals surface area contributed by atoms with Crippen LogP contribution in [0, 0.1) is 0 Å². The van der Waals surface area contributed by atoms with Crippen LogP contribution < -0.4 is 0 Å². The number of rotatable bonds is 2. The van der Waals surface area contributed by atoms with E-state index in [0.29, 0.717) is 5.56 Å². The lowest BCUT2D eigenvalue weighted by Crippen LogP contribution is -2.04. The van der Waals surface area contributed by atoms with Crippen molar-refractivity contribution in [1.29, 1.82) is 0 Å². The van der Waals surface area contributed by atoms with Crippen molar-refractivity contribution in [3.63, 3.8) is 0 Å². The molecule has 0 saturated carbocycles. The zero-order chi connectivity index (χ0) is 15.0. The molecular weight excluding hydrogens is 317 g/mol. The molecule has 0 aliphatic heterocycles. The monoisotopic (exact) mass is 326 g/mol. The summed E-state index contributed by atoms with van der Waals surface area (Å²) in [6.07, 6.45) is -4.32. The van der Waals surface area contributed by atoms with Crippen LogP contribution >= 0.6 is 22.9 Å². The average molecular weight is 327 g/mol. The van der Waals surface area contributed by atoms with Gasteiger partial charge in [0.1, 0.15) is 0 Å². The fraction of sp³-hybridized carbons (Fsp3) is 0.125. The van der Waals surface area contributed by atoms with Gasteiger partial charge >= 0.3 is 6.18 Å². The fourth-order valence-electron chi connectivity index (χ4n) is 2.22. The zero-order valence-electron chi connectivity index (χ0n) is 10.7. The maximum absolute atomic E-state index is 12.6. The maximum Gasteiger partial charge on any atom is 0.416 e. The summed E-state index contributed by atoms with van der Waals surface area (Å²) in [6, 6.07) is 12.9. The van der Waals surface area contributed by atoms with E-state index in [2.05, 4.69) is 0 Å². The van der Waals surface area contributed by atoms with Gasteiger partial charge in [-0.25, -0.2) is 0 Å². The van der Waals surface area contributed by atoms with E-state index in [1.54, 1.807) is 11.3 Å². The molecule has 0 amide bonds. The second kappa shape index (κ2) is 5.35. The Balaban J connectivity index is 1.97. The fourth-order valence-corrected chi connectivity index (χ4v) is 3.60. The Morgan fingerprint density at radius 1 is 0.952 bits per heavy atom. The standard InChI is InChI=1S/C16H10ClF3S/c17-15(10-5-7-11(8-6-10)16(18,19)20)13-9-21-14-4-2-1-3-12(13)14/h1-9,15H. The Labute approximate surface area is 128 Å². The second-order valence-electron chi connectivity index (χ2n) is 4.67. The van der Waals surface area contributed by atoms with E-state index in [4.69, 9.17) is 11.6 Å². The highest BCUT2D eigenvalue weighted by Gasteiger charge is 2.30. The van der Waals surface area contributed by atoms with Crippen LogP contribution in [0.15, 0.2) is 53.9 Å². The molecule has 0 N–H and O–H groups in total. The minimum atomic E-state index is -4.32. The van der Waals surface area contributed by atoms with Gasteiger partial charge in [-0.2, -0.15) is 13.2 Å². The largest absolute Gasteiger partial charge is 0.416 e. The number of thiophene rings is 1. The summed E-state index contributed by atoms with van der Waals surface area (Å²) >= 11 is 8.02. The van der Waals surface area contributed by atoms with Crippen LogP contribution in [0.1, 0.15) is 22.1 Å². The summed E-state index contributed by atoms with van der Waals surface area (Å²) in [6.45, 7) is 0. The van der Waals surface area contributed by atoms with E-state index < -0.39 is 17.1 Å². The number of hydrogen-bond acceptors (Lipinski definition) is 1. The van der Waals surface area contributed by atoms with Crippen molar-refractivity contribution in [3.8, 4) is 0 Å². The molecule has 0 radical (unpaired) electrons. The van der Waals surface area contributed by atoms with Gasteiger partial charge < -0.3 is 0 Å². The Hall–Kier alpha value is -1.52. The predicted octanol–water partition coefficient (Wildman–Crippen LogP) is 6.25. The van der Waals surface area contributed by atoms with Crippen LogP contribution in [0.5, 0.6) is 0 Å². The third-order valence-corrected chi connectivity index (χ3v) is 4.78. The number of benzene rings is 2. The SMILES string of the molecule is FC(F)(F)c1ccc(C(Cl)c2csc3ccccc23)cc1. The van der Waals surface area contributed by atoms with Gasteiger partial charge in [0.25, 0.3) is 0 Å². The van der Waals surface area contributed by atoms with E-state index >= 15 is 0 Å². The first kappa shape index (κ1) is 14.4. The molecule has 1 heterocycles. The van der Waals surface area contributed by atoms with Gasteiger partial charge in [0.2, 0.25) is 0 Å². The Morgan fingerprint density at radius 3 is 2.29 bits per heavy atom. The number of hydrogen-bond donors (Lipinski definition) is 0. The first-order valence-electron chi connectivity index (χ1n) is 6.24. The Bertz CT molecular complexity index is 759. The number of halogens is 4. The molecule has 0 bridgehead atoms. The highest BCUT2D eigenvalue weighted by atomic mass is 35.5. The van der Waals surface area contributed by atoms with Crippen LogP contribution in [0.25, 0.3) is 10.1 Å². The third kappa shape index (κ3) is 2.78. The maximum atomic E-state index is 12.6. The number of fused-ring (bicyclic) bond motifs is 1. The molecule has 0 aliphatic rings. The highest BCUT2D eigenvalue weighted by molar-refractivity contribution is 7.17. The molecule has 3 aromatic rings. The lowest BCUT2D eigenvalue weighted by Gasteiger charge is -2.11. The van der Waals surface area contributed by atoms with Gasteiger partial charge in [0, 0.05) is 4.70 Å². The molecule has 0 aliphatic carbocycles. The van der Waals surface area contributed by atoms with Gasteiger partial charge in [-0.3, -0.25) is 0 Å². The normalized spacial score (nSPS) is 13.5. The van der Waals surface area contributed by atoms with Gasteiger partial charge in [-0.1, -0.05) is 30.3 Å². The molecule has 21 heavy (non-hydrogen) atoms. The van der Waals surface area contributed by atoms with Crippen LogP contribution in [-0.2, 0) is 6.18 Å². The first-order chi connectivity index (χ1) is 9.97. The van der Waals surface area contributed by atoms with Gasteiger partial charge in [-0.05, 0) is 40.1 Å². The van der Waals surface area contributed by atoms with E-state index in [-0.39, 0.29) is 0 Å². The Kier molecular flexibility index (Phi) is 3.68. The second-order valence-corrected chi connectivity index (χ2v) is 6.02. The van der Waals surface area contributed by atoms with Crippen molar-refractivity contribution >= 4 is 33.0 Å². The molecule has 108 valence electrons. The van der Waals surface area contributed by atoms with E-state index in [1.807, 2.05) is 29.6 Å². The van der Waals surface area contributed by atoms with Crippen LogP contribution in [0.3, 0.4) is 0 Å². The molecule has 0 spiro atoms. The molecule has 0 saturated heterocycles. The summed E-state index contributed by atoms with van der Waals surface area (Å²) in [5, 5.41) is 2.55. The molecular formula is C16H10ClF3S. The average Bonchev–Trinajstić information content (AvgIpc) is 2.90. The van der Waals surface area contributed by atoms with Crippen LogP contribution in [0.2, 0.25) is 0 Å². The smallest absolute Gasteiger partial charge is 0.166 e. The van der Waals surface area contributed by atoms with Crippen LogP contribution in [-0.4, -0.2) is 0 Å². The van der Waals surface area contributed by atoms with Crippen molar-refractivity contribution in [1.82, 2.24) is 0 Å². The summed E-state index contributed by atoms with van der Waals surface area (Å²) in [7, 11) is 0. The predicted molar refractivity (Wildman–Crippen MR) is 81.0 cm³/mol. The van der Waals surface area contributed by atoms with E-state index in [9.17, 15) is 13.2 Å². The lowest BCUT2D eigenvalue weighted by atomic mass is 10.0. The van der Waals surface area contributed by atoms with Crippen LogP contribution in [0.4, 0.5) is 13.2 Å². The third-order valence-electron chi connectivity index (χ3n) is 3.31. The molecule has 5 heteroatoms. The molecule has 1 unspecified atom stereocenters. The quantitative estimate of drug-likeness (QED) is 0.488. The molecule has 3 rings (SSSR count). The minimum Gasteiger partial charge on any atom is -0.166 e. The van der Waals surface area contributed by atoms with E-state index in [0.717, 1.165) is 27.8 Å². The molecule has 0 nitrogen and oxygen atoms in total.